The summed E-state index contributed by atoms with van der Waals surface area (Å²) in [6, 6.07) is 12.4. The number of esters is 2. The summed E-state index contributed by atoms with van der Waals surface area (Å²) in [6.07, 6.45) is 1.41. The molecule has 8 heteroatoms. The molecule has 2 aliphatic rings. The van der Waals surface area contributed by atoms with Crippen LogP contribution in [0.3, 0.4) is 0 Å². The Morgan fingerprint density at radius 2 is 1.05 bits per heavy atom. The summed E-state index contributed by atoms with van der Waals surface area (Å²) < 4.78 is 9.85. The first-order chi connectivity index (χ1) is 19.2. The molecule has 3 aromatic rings. The molecular formula is C32H34N4O4. The number of fused-ring (bicyclic) bond motifs is 10. The normalized spacial score (nSPS) is 13.2. The van der Waals surface area contributed by atoms with Gasteiger partial charge in [-0.15, -0.1) is 0 Å². The monoisotopic (exact) mass is 538 g/mol. The molecule has 0 aromatic carbocycles. The maximum Gasteiger partial charge on any atom is 0.305 e. The minimum atomic E-state index is -0.279. The van der Waals surface area contributed by atoms with Crippen LogP contribution in [0, 0.1) is 13.8 Å². The molecule has 40 heavy (non-hydrogen) atoms. The van der Waals surface area contributed by atoms with Gasteiger partial charge >= 0.3 is 11.9 Å². The van der Waals surface area contributed by atoms with E-state index in [1.165, 1.54) is 14.2 Å². The first-order valence-electron chi connectivity index (χ1n) is 13.4. The lowest BCUT2D eigenvalue weighted by Crippen LogP contribution is -2.03. The Kier molecular flexibility index (Phi) is 7.43. The topological polar surface area (TPSA) is 110 Å². The van der Waals surface area contributed by atoms with Gasteiger partial charge in [-0.05, 0) is 110 Å². The summed E-state index contributed by atoms with van der Waals surface area (Å²) in [5.41, 5.74) is 13.2. The lowest BCUT2D eigenvalue weighted by Gasteiger charge is -2.09. The molecule has 8 bridgehead atoms. The predicted octanol–water partition coefficient (Wildman–Crippen LogP) is 6.70. The molecule has 0 fully saturated rings. The van der Waals surface area contributed by atoms with Crippen LogP contribution < -0.4 is 0 Å². The van der Waals surface area contributed by atoms with Crippen molar-refractivity contribution in [3.05, 3.63) is 70.3 Å². The quantitative estimate of drug-likeness (QED) is 0.338. The maximum absolute atomic E-state index is 12.1. The number of aromatic nitrogens is 4. The van der Waals surface area contributed by atoms with Gasteiger partial charge in [-0.2, -0.15) is 0 Å². The van der Waals surface area contributed by atoms with Crippen molar-refractivity contribution in [3.63, 3.8) is 0 Å². The third kappa shape index (κ3) is 5.09. The van der Waals surface area contributed by atoms with Crippen LogP contribution in [0.4, 0.5) is 0 Å². The minimum absolute atomic E-state index is 0.233. The third-order valence-corrected chi connectivity index (χ3v) is 7.76. The van der Waals surface area contributed by atoms with E-state index in [-0.39, 0.29) is 24.8 Å². The average Bonchev–Trinajstić information content (AvgIpc) is 3.67. The zero-order valence-corrected chi connectivity index (χ0v) is 23.8. The van der Waals surface area contributed by atoms with Gasteiger partial charge in [0, 0.05) is 23.9 Å². The zero-order chi connectivity index (χ0) is 28.6. The predicted molar refractivity (Wildman–Crippen MR) is 158 cm³/mol. The Morgan fingerprint density at radius 3 is 1.43 bits per heavy atom. The van der Waals surface area contributed by atoms with Crippen molar-refractivity contribution in [2.24, 2.45) is 0 Å². The van der Waals surface area contributed by atoms with Crippen LogP contribution in [0.2, 0.25) is 0 Å². The van der Waals surface area contributed by atoms with Crippen LogP contribution in [-0.4, -0.2) is 46.1 Å². The molecule has 0 aliphatic carbocycles. The molecule has 8 nitrogen and oxygen atoms in total. The maximum atomic E-state index is 12.1. The highest BCUT2D eigenvalue weighted by molar-refractivity contribution is 6.00. The van der Waals surface area contributed by atoms with Gasteiger partial charge in [0.25, 0.3) is 0 Å². The van der Waals surface area contributed by atoms with Crippen LogP contribution in [0.25, 0.3) is 44.4 Å². The third-order valence-electron chi connectivity index (χ3n) is 7.76. The van der Waals surface area contributed by atoms with E-state index in [1.54, 1.807) is 0 Å². The number of aryl methyl sites for hydroxylation is 2. The van der Waals surface area contributed by atoms with E-state index in [9.17, 15) is 9.59 Å². The van der Waals surface area contributed by atoms with Crippen LogP contribution >= 0.6 is 0 Å². The highest BCUT2D eigenvalue weighted by Crippen LogP contribution is 2.41. The number of hydrogen-bond donors (Lipinski definition) is 2. The molecule has 0 saturated heterocycles. The van der Waals surface area contributed by atoms with Gasteiger partial charge in [-0.3, -0.25) is 9.59 Å². The smallest absolute Gasteiger partial charge is 0.305 e. The van der Waals surface area contributed by atoms with Crippen LogP contribution in [0.1, 0.15) is 73.4 Å². The number of nitrogens with zero attached hydrogens (tertiary/aromatic N) is 2. The van der Waals surface area contributed by atoms with Gasteiger partial charge in [0.05, 0.1) is 48.0 Å². The number of H-pyrrole nitrogens is 2. The molecule has 2 aliphatic heterocycles. The molecule has 0 amide bonds. The summed E-state index contributed by atoms with van der Waals surface area (Å²) in [5, 5.41) is 0. The highest BCUT2D eigenvalue weighted by atomic mass is 16.5. The van der Waals surface area contributed by atoms with Crippen molar-refractivity contribution in [2.75, 3.05) is 14.2 Å². The van der Waals surface area contributed by atoms with E-state index in [0.29, 0.717) is 12.8 Å². The van der Waals surface area contributed by atoms with Crippen molar-refractivity contribution < 1.29 is 19.1 Å². The number of hydrogen-bond acceptors (Lipinski definition) is 6. The second-order valence-electron chi connectivity index (χ2n) is 10.3. The summed E-state index contributed by atoms with van der Waals surface area (Å²) in [5.74, 6) is -0.559. The van der Waals surface area contributed by atoms with E-state index < -0.39 is 0 Å². The number of allylic oxidation sites excluding steroid dienone is 4. The van der Waals surface area contributed by atoms with Crippen LogP contribution in [-0.2, 0) is 19.1 Å². The van der Waals surface area contributed by atoms with Crippen molar-refractivity contribution in [1.82, 2.24) is 19.9 Å². The Bertz CT molecular complexity index is 1620. The molecule has 0 unspecified atom stereocenters. The minimum Gasteiger partial charge on any atom is -0.469 e. The van der Waals surface area contributed by atoms with Crippen molar-refractivity contribution in [3.8, 4) is 0 Å². The number of ether oxygens (including phenoxy) is 2. The molecule has 0 radical (unpaired) electrons. The molecular weight excluding hydrogens is 504 g/mol. The number of rotatable bonds is 6. The molecule has 5 heterocycles. The average molecular weight is 539 g/mol. The number of carbonyl (C=O) groups excluding carboxylic acids is 2. The molecule has 0 saturated carbocycles. The first kappa shape index (κ1) is 27.1. The van der Waals surface area contributed by atoms with Crippen molar-refractivity contribution >= 4 is 56.3 Å². The fourth-order valence-electron chi connectivity index (χ4n) is 5.30. The van der Waals surface area contributed by atoms with Gasteiger partial charge in [0.15, 0.2) is 0 Å². The van der Waals surface area contributed by atoms with E-state index in [4.69, 9.17) is 19.4 Å². The Morgan fingerprint density at radius 1 is 0.650 bits per heavy atom. The molecule has 5 rings (SSSR count). The lowest BCUT2D eigenvalue weighted by molar-refractivity contribution is -0.141. The second-order valence-corrected chi connectivity index (χ2v) is 10.3. The van der Waals surface area contributed by atoms with Gasteiger partial charge in [-0.25, -0.2) is 9.97 Å². The van der Waals surface area contributed by atoms with Gasteiger partial charge < -0.3 is 19.4 Å². The van der Waals surface area contributed by atoms with E-state index >= 15 is 0 Å². The number of methoxy groups -OCH3 is 2. The lowest BCUT2D eigenvalue weighted by atomic mass is 9.95. The van der Waals surface area contributed by atoms with Crippen LogP contribution in [0.15, 0.2) is 36.4 Å². The van der Waals surface area contributed by atoms with Crippen molar-refractivity contribution in [1.29, 1.82) is 0 Å². The van der Waals surface area contributed by atoms with E-state index in [0.717, 1.165) is 78.3 Å². The van der Waals surface area contributed by atoms with Gasteiger partial charge in [-0.1, -0.05) is 0 Å². The molecule has 2 N–H and O–H groups in total. The fraction of sp³-hybridized carbons (Fsp3) is 0.312. The van der Waals surface area contributed by atoms with Crippen molar-refractivity contribution in [2.45, 2.75) is 53.4 Å². The van der Waals surface area contributed by atoms with E-state index in [1.807, 2.05) is 38.1 Å². The summed E-state index contributed by atoms with van der Waals surface area (Å²) in [7, 11) is 2.79. The fourth-order valence-corrected chi connectivity index (χ4v) is 5.30. The van der Waals surface area contributed by atoms with Gasteiger partial charge in [0.2, 0.25) is 0 Å². The molecule has 0 atom stereocenters. The van der Waals surface area contributed by atoms with Crippen LogP contribution in [0.5, 0.6) is 0 Å². The number of carbonyl (C=O) groups is 2. The molecule has 0 spiro atoms. The molecule has 3 aromatic heterocycles. The Labute approximate surface area is 233 Å². The second kappa shape index (κ2) is 11.0. The van der Waals surface area contributed by atoms with E-state index in [2.05, 4.69) is 35.9 Å². The Balaban J connectivity index is 1.82. The number of nitrogens with one attached hydrogen (secondary N) is 2. The largest absolute Gasteiger partial charge is 0.469 e. The SMILES string of the molecule is COC(=O)CCC1=C(C)c2ccc3[nH]c(cc3C)c3cc(C)c(ccc4nc(c1n2)C(CCC(=O)OC)=C4C)[nH]3. The first-order valence-corrected chi connectivity index (χ1v) is 13.4. The Hall–Kier alpha value is -4.46. The summed E-state index contributed by atoms with van der Waals surface area (Å²) in [6.45, 7) is 8.21. The number of aromatic amines is 2. The van der Waals surface area contributed by atoms with Gasteiger partial charge in [0.1, 0.15) is 0 Å². The standard InChI is InChI=1S/C32H34N4O4/c1-17-15-27-28-16-18(2)24(34-28)10-12-26-20(4)22(8-14-30(38)40-6)32(36-26)31-21(7-13-29(37)39-5)19(3)25(35-31)11-9-23(17)33-27/h9-12,15-16,33-34H,7-8,13-14H2,1-6H3. The highest BCUT2D eigenvalue weighted by Gasteiger charge is 2.27. The molecule has 206 valence electrons. The summed E-state index contributed by atoms with van der Waals surface area (Å²) in [4.78, 5) is 41.4. The summed E-state index contributed by atoms with van der Waals surface area (Å²) >= 11 is 0. The zero-order valence-electron chi connectivity index (χ0n) is 23.8.